The van der Waals surface area contributed by atoms with Gasteiger partial charge >= 0.3 is 5.97 Å². The minimum Gasteiger partial charge on any atom is -0.478 e. The van der Waals surface area contributed by atoms with Crippen LogP contribution in [0.2, 0.25) is 0 Å². The molecule has 4 nitrogen and oxygen atoms in total. The Morgan fingerprint density at radius 3 is 2.90 bits per heavy atom. The van der Waals surface area contributed by atoms with Crippen LogP contribution >= 0.6 is 11.5 Å². The van der Waals surface area contributed by atoms with Crippen LogP contribution in [0.1, 0.15) is 5.69 Å². The minimum atomic E-state index is -1.06. The van der Waals surface area contributed by atoms with E-state index in [1.807, 2.05) is 0 Å². The first-order chi connectivity index (χ1) is 4.72. The van der Waals surface area contributed by atoms with Crippen molar-refractivity contribution in [2.75, 3.05) is 0 Å². The Kier molecular flexibility index (Phi) is 1.77. The number of carboxylic acids is 1. The maximum absolute atomic E-state index is 10.2. The molecule has 0 radical (unpaired) electrons. The van der Waals surface area contributed by atoms with Crippen molar-refractivity contribution < 1.29 is 9.90 Å². The lowest BCUT2D eigenvalue weighted by Gasteiger charge is -1.89. The summed E-state index contributed by atoms with van der Waals surface area (Å²) in [6, 6.07) is 0. The van der Waals surface area contributed by atoms with Gasteiger partial charge < -0.3 is 5.11 Å². The topological polar surface area (TPSA) is 63.1 Å². The monoisotopic (exact) mass is 156 g/mol. The van der Waals surface area contributed by atoms with E-state index in [2.05, 4.69) is 16.2 Å². The van der Waals surface area contributed by atoms with Gasteiger partial charge in [0, 0.05) is 5.38 Å². The molecule has 52 valence electrons. The molecule has 0 saturated carbocycles. The number of nitrogens with zero attached hydrogens (tertiary/aromatic N) is 2. The van der Waals surface area contributed by atoms with E-state index in [1.165, 1.54) is 5.38 Å². The van der Waals surface area contributed by atoms with Crippen molar-refractivity contribution in [3.8, 4) is 0 Å². The van der Waals surface area contributed by atoms with Crippen molar-refractivity contribution in [2.24, 2.45) is 0 Å². The first kappa shape index (κ1) is 6.88. The van der Waals surface area contributed by atoms with Gasteiger partial charge in [-0.05, 0) is 11.5 Å². The first-order valence-electron chi connectivity index (χ1n) is 2.41. The fraction of sp³-hybridized carbons (Fsp3) is 0. The Bertz CT molecular complexity index is 255. The Morgan fingerprint density at radius 1 is 1.80 bits per heavy atom. The highest BCUT2D eigenvalue weighted by molar-refractivity contribution is 7.03. The van der Waals surface area contributed by atoms with Crippen molar-refractivity contribution >= 4 is 23.1 Å². The summed E-state index contributed by atoms with van der Waals surface area (Å²) in [5.74, 6) is -1.06. The van der Waals surface area contributed by atoms with E-state index in [0.717, 1.165) is 11.5 Å². The molecule has 0 aliphatic rings. The average molecular weight is 156 g/mol. The van der Waals surface area contributed by atoms with Crippen LogP contribution in [-0.2, 0) is 4.79 Å². The predicted molar refractivity (Wildman–Crippen MR) is 36.6 cm³/mol. The van der Waals surface area contributed by atoms with Gasteiger partial charge in [-0.1, -0.05) is 11.1 Å². The molecule has 1 heterocycles. The maximum atomic E-state index is 10.2. The third kappa shape index (κ3) is 1.19. The lowest BCUT2D eigenvalue weighted by atomic mass is 10.2. The Morgan fingerprint density at radius 2 is 2.50 bits per heavy atom. The molecule has 0 aliphatic carbocycles. The van der Waals surface area contributed by atoms with Crippen LogP contribution in [0.3, 0.4) is 0 Å². The zero-order valence-corrected chi connectivity index (χ0v) is 5.76. The van der Waals surface area contributed by atoms with E-state index in [4.69, 9.17) is 5.11 Å². The molecule has 0 aromatic carbocycles. The highest BCUT2D eigenvalue weighted by Gasteiger charge is 2.08. The second-order valence-corrected chi connectivity index (χ2v) is 2.18. The highest BCUT2D eigenvalue weighted by atomic mass is 32.1. The standard InChI is InChI=1S/C5H4N2O2S/c1-3(5(8)9)4-2-10-7-6-4/h2H,1H2,(H,8,9). The van der Waals surface area contributed by atoms with Gasteiger partial charge in [0.05, 0.1) is 5.57 Å². The van der Waals surface area contributed by atoms with E-state index >= 15 is 0 Å². The summed E-state index contributed by atoms with van der Waals surface area (Å²) in [6.45, 7) is 3.30. The van der Waals surface area contributed by atoms with Gasteiger partial charge in [0.15, 0.2) is 0 Å². The second-order valence-electron chi connectivity index (χ2n) is 1.57. The summed E-state index contributed by atoms with van der Waals surface area (Å²) >= 11 is 1.10. The number of hydrogen-bond acceptors (Lipinski definition) is 4. The highest BCUT2D eigenvalue weighted by Crippen LogP contribution is 2.09. The van der Waals surface area contributed by atoms with Crippen LogP contribution in [-0.4, -0.2) is 20.7 Å². The first-order valence-corrected chi connectivity index (χ1v) is 3.25. The van der Waals surface area contributed by atoms with Gasteiger partial charge in [-0.15, -0.1) is 5.10 Å². The van der Waals surface area contributed by atoms with Crippen LogP contribution in [0.4, 0.5) is 0 Å². The van der Waals surface area contributed by atoms with Gasteiger partial charge in [-0.2, -0.15) is 0 Å². The molecule has 1 aromatic rings. The van der Waals surface area contributed by atoms with Crippen molar-refractivity contribution in [3.05, 3.63) is 17.7 Å². The molecule has 0 aliphatic heterocycles. The average Bonchev–Trinajstić information content (AvgIpc) is 2.36. The summed E-state index contributed by atoms with van der Waals surface area (Å²) in [5, 5.41) is 13.5. The summed E-state index contributed by atoms with van der Waals surface area (Å²) in [4.78, 5) is 10.2. The molecule has 1 aromatic heterocycles. The van der Waals surface area contributed by atoms with Crippen LogP contribution in [0.5, 0.6) is 0 Å². The summed E-state index contributed by atoms with van der Waals surface area (Å²) in [6.07, 6.45) is 0. The van der Waals surface area contributed by atoms with Crippen molar-refractivity contribution in [3.63, 3.8) is 0 Å². The summed E-state index contributed by atoms with van der Waals surface area (Å²) in [7, 11) is 0. The molecule has 1 rings (SSSR count). The molecule has 0 amide bonds. The smallest absolute Gasteiger partial charge is 0.337 e. The van der Waals surface area contributed by atoms with Gasteiger partial charge in [0.25, 0.3) is 0 Å². The quantitative estimate of drug-likeness (QED) is 0.638. The van der Waals surface area contributed by atoms with Crippen LogP contribution in [0.25, 0.3) is 5.57 Å². The van der Waals surface area contributed by atoms with Gasteiger partial charge in [0.2, 0.25) is 0 Å². The van der Waals surface area contributed by atoms with Crippen molar-refractivity contribution in [2.45, 2.75) is 0 Å². The Labute approximate surface area is 61.0 Å². The molecule has 1 N–H and O–H groups in total. The summed E-state index contributed by atoms with van der Waals surface area (Å²) < 4.78 is 3.49. The number of carboxylic acid groups (broad SMARTS) is 1. The number of rotatable bonds is 2. The van der Waals surface area contributed by atoms with Gasteiger partial charge in [-0.3, -0.25) is 0 Å². The van der Waals surface area contributed by atoms with Crippen LogP contribution < -0.4 is 0 Å². The lowest BCUT2D eigenvalue weighted by Crippen LogP contribution is -1.97. The van der Waals surface area contributed by atoms with Gasteiger partial charge in [0.1, 0.15) is 5.69 Å². The molecule has 0 atom stereocenters. The number of aromatic nitrogens is 2. The summed E-state index contributed by atoms with van der Waals surface area (Å²) in [5.41, 5.74) is 0.311. The molecular formula is C5H4N2O2S. The van der Waals surface area contributed by atoms with E-state index in [0.29, 0.717) is 5.69 Å². The fourth-order valence-electron chi connectivity index (χ4n) is 0.406. The van der Waals surface area contributed by atoms with Crippen LogP contribution in [0, 0.1) is 0 Å². The third-order valence-electron chi connectivity index (χ3n) is 0.927. The number of hydrogen-bond donors (Lipinski definition) is 1. The number of aliphatic carboxylic acids is 1. The maximum Gasteiger partial charge on any atom is 0.337 e. The predicted octanol–water partition coefficient (Wildman–Crippen LogP) is 0.636. The lowest BCUT2D eigenvalue weighted by molar-refractivity contribution is -0.130. The van der Waals surface area contributed by atoms with Crippen LogP contribution in [0.15, 0.2) is 12.0 Å². The zero-order valence-electron chi connectivity index (χ0n) is 4.94. The van der Waals surface area contributed by atoms with E-state index in [9.17, 15) is 4.79 Å². The number of carbonyl (C=O) groups is 1. The molecule has 0 bridgehead atoms. The van der Waals surface area contributed by atoms with Crippen molar-refractivity contribution in [1.29, 1.82) is 0 Å². The minimum absolute atomic E-state index is 0.0197. The van der Waals surface area contributed by atoms with E-state index in [-0.39, 0.29) is 5.57 Å². The molecule has 0 fully saturated rings. The normalized spacial score (nSPS) is 9.20. The largest absolute Gasteiger partial charge is 0.478 e. The zero-order chi connectivity index (χ0) is 7.56. The van der Waals surface area contributed by atoms with E-state index in [1.54, 1.807) is 0 Å². The molecule has 0 saturated heterocycles. The Balaban J connectivity index is 2.88. The van der Waals surface area contributed by atoms with E-state index < -0.39 is 5.97 Å². The van der Waals surface area contributed by atoms with Crippen molar-refractivity contribution in [1.82, 2.24) is 9.59 Å². The fourth-order valence-corrected chi connectivity index (χ4v) is 0.877. The third-order valence-corrected chi connectivity index (χ3v) is 1.43. The molecule has 0 unspecified atom stereocenters. The SMILES string of the molecule is C=C(C(=O)O)c1csnn1. The second kappa shape index (κ2) is 2.57. The Hall–Kier alpha value is -1.23. The molecule has 10 heavy (non-hydrogen) atoms. The van der Waals surface area contributed by atoms with Gasteiger partial charge in [-0.25, -0.2) is 4.79 Å². The molecule has 0 spiro atoms. The molecular weight excluding hydrogens is 152 g/mol. The molecule has 5 heteroatoms.